The highest BCUT2D eigenvalue weighted by Gasteiger charge is 1.97. The minimum Gasteiger partial charge on any atom is -0.348 e. The number of nitrogens with one attached hydrogen (secondary N) is 1. The summed E-state index contributed by atoms with van der Waals surface area (Å²) < 4.78 is 0. The molecule has 0 bridgehead atoms. The van der Waals surface area contributed by atoms with Crippen molar-refractivity contribution >= 4 is 22.8 Å². The summed E-state index contributed by atoms with van der Waals surface area (Å²) in [5.41, 5.74) is 0. The van der Waals surface area contributed by atoms with E-state index in [4.69, 9.17) is 11.6 Å². The second-order valence-electron chi connectivity index (χ2n) is 1.49. The molecule has 0 aliphatic heterocycles. The van der Waals surface area contributed by atoms with Crippen LogP contribution in [0.3, 0.4) is 0 Å². The van der Waals surface area contributed by atoms with E-state index in [0.29, 0.717) is 6.42 Å². The Morgan fingerprint density at radius 2 is 2.11 bits per heavy atom. The van der Waals surface area contributed by atoms with Crippen LogP contribution in [-0.4, -0.2) is 17.7 Å². The first-order chi connectivity index (χ1) is 4.16. The Morgan fingerprint density at radius 1 is 1.56 bits per heavy atom. The molecular formula is C5H8ClNO2. The lowest BCUT2D eigenvalue weighted by Gasteiger charge is -1.95. The number of carbonyl (C=O) groups is 2. The number of amides is 1. The number of rotatable bonds is 3. The minimum absolute atomic E-state index is 0.0752. The van der Waals surface area contributed by atoms with E-state index in [1.807, 2.05) is 0 Å². The summed E-state index contributed by atoms with van der Waals surface area (Å²) >= 11 is 4.93. The van der Waals surface area contributed by atoms with Crippen molar-refractivity contribution in [3.05, 3.63) is 0 Å². The Bertz CT molecular complexity index is 124. The van der Waals surface area contributed by atoms with Crippen LogP contribution < -0.4 is 5.32 Å². The number of carbonyl (C=O) groups excluding carboxylic acids is 2. The predicted molar refractivity (Wildman–Crippen MR) is 34.2 cm³/mol. The average Bonchev–Trinajstić information content (AvgIpc) is 1.83. The number of hydrogen-bond donors (Lipinski definition) is 1. The van der Waals surface area contributed by atoms with Gasteiger partial charge in [0, 0.05) is 6.42 Å². The zero-order chi connectivity index (χ0) is 7.28. The van der Waals surface area contributed by atoms with Gasteiger partial charge in [0.2, 0.25) is 11.1 Å². The number of hydrogen-bond acceptors (Lipinski definition) is 2. The Hall–Kier alpha value is -0.570. The molecule has 0 spiro atoms. The van der Waals surface area contributed by atoms with Crippen LogP contribution in [0.2, 0.25) is 0 Å². The summed E-state index contributed by atoms with van der Waals surface area (Å²) in [6.45, 7) is 1.63. The van der Waals surface area contributed by atoms with E-state index in [1.54, 1.807) is 6.92 Å². The quantitative estimate of drug-likeness (QED) is 0.586. The summed E-state index contributed by atoms with van der Waals surface area (Å²) in [4.78, 5) is 20.4. The molecule has 0 atom stereocenters. The summed E-state index contributed by atoms with van der Waals surface area (Å²) in [6.07, 6.45) is 0.379. The predicted octanol–water partition coefficient (Wildman–Crippen LogP) is 0.278. The van der Waals surface area contributed by atoms with E-state index in [-0.39, 0.29) is 12.5 Å². The van der Waals surface area contributed by atoms with Crippen molar-refractivity contribution in [3.8, 4) is 0 Å². The molecule has 0 heterocycles. The normalized spacial score (nSPS) is 8.67. The fourth-order valence-electron chi connectivity index (χ4n) is 0.293. The van der Waals surface area contributed by atoms with Gasteiger partial charge in [-0.25, -0.2) is 0 Å². The largest absolute Gasteiger partial charge is 0.348 e. The van der Waals surface area contributed by atoms with Crippen molar-refractivity contribution in [1.82, 2.24) is 5.32 Å². The SMILES string of the molecule is CCC(=O)NCC(=O)Cl. The van der Waals surface area contributed by atoms with Gasteiger partial charge in [-0.05, 0) is 11.6 Å². The van der Waals surface area contributed by atoms with E-state index in [2.05, 4.69) is 5.32 Å². The topological polar surface area (TPSA) is 46.2 Å². The van der Waals surface area contributed by atoms with Gasteiger partial charge >= 0.3 is 0 Å². The molecule has 0 saturated heterocycles. The molecule has 0 aromatic heterocycles. The first-order valence-corrected chi connectivity index (χ1v) is 2.99. The smallest absolute Gasteiger partial charge is 0.240 e. The minimum atomic E-state index is -0.545. The molecule has 1 amide bonds. The third-order valence-electron chi connectivity index (χ3n) is 0.746. The van der Waals surface area contributed by atoms with Gasteiger partial charge in [-0.1, -0.05) is 6.92 Å². The van der Waals surface area contributed by atoms with Gasteiger partial charge in [-0.15, -0.1) is 0 Å². The Balaban J connectivity index is 3.28. The number of halogens is 1. The highest BCUT2D eigenvalue weighted by molar-refractivity contribution is 6.64. The van der Waals surface area contributed by atoms with Crippen molar-refractivity contribution < 1.29 is 9.59 Å². The van der Waals surface area contributed by atoms with Gasteiger partial charge < -0.3 is 5.32 Å². The lowest BCUT2D eigenvalue weighted by Crippen LogP contribution is -2.26. The Kier molecular flexibility index (Phi) is 4.05. The second kappa shape index (κ2) is 4.32. The monoisotopic (exact) mass is 149 g/mol. The molecule has 0 fully saturated rings. The second-order valence-corrected chi connectivity index (χ2v) is 1.91. The van der Waals surface area contributed by atoms with Crippen LogP contribution in [0.4, 0.5) is 0 Å². The van der Waals surface area contributed by atoms with Crippen molar-refractivity contribution in [2.45, 2.75) is 13.3 Å². The summed E-state index contributed by atoms with van der Waals surface area (Å²) in [5.74, 6) is -0.163. The molecule has 0 unspecified atom stereocenters. The molecule has 9 heavy (non-hydrogen) atoms. The fraction of sp³-hybridized carbons (Fsp3) is 0.600. The average molecular weight is 150 g/mol. The van der Waals surface area contributed by atoms with Crippen LogP contribution in [-0.2, 0) is 9.59 Å². The molecule has 0 aliphatic rings. The van der Waals surface area contributed by atoms with Gasteiger partial charge in [0.25, 0.3) is 0 Å². The zero-order valence-corrected chi connectivity index (χ0v) is 5.86. The van der Waals surface area contributed by atoms with Crippen molar-refractivity contribution in [2.75, 3.05) is 6.54 Å². The summed E-state index contributed by atoms with van der Waals surface area (Å²) in [6, 6.07) is 0. The maximum atomic E-state index is 10.4. The maximum Gasteiger partial charge on any atom is 0.240 e. The van der Waals surface area contributed by atoms with E-state index < -0.39 is 5.24 Å². The third kappa shape index (κ3) is 5.30. The lowest BCUT2D eigenvalue weighted by atomic mass is 10.4. The molecule has 0 aromatic carbocycles. The van der Waals surface area contributed by atoms with Crippen LogP contribution >= 0.6 is 11.6 Å². The van der Waals surface area contributed by atoms with Crippen molar-refractivity contribution in [1.29, 1.82) is 0 Å². The van der Waals surface area contributed by atoms with E-state index in [0.717, 1.165) is 0 Å². The fourth-order valence-corrected chi connectivity index (χ4v) is 0.360. The standard InChI is InChI=1S/C5H8ClNO2/c1-2-5(9)7-3-4(6)8/h2-3H2,1H3,(H,7,9). The molecule has 0 aromatic rings. The maximum absolute atomic E-state index is 10.4. The molecule has 0 aliphatic carbocycles. The zero-order valence-electron chi connectivity index (χ0n) is 5.11. The molecule has 1 N–H and O–H groups in total. The van der Waals surface area contributed by atoms with Crippen LogP contribution in [0.15, 0.2) is 0 Å². The van der Waals surface area contributed by atoms with E-state index >= 15 is 0 Å². The van der Waals surface area contributed by atoms with Crippen LogP contribution in [0, 0.1) is 0 Å². The molecule has 0 saturated carbocycles. The highest BCUT2D eigenvalue weighted by atomic mass is 35.5. The first kappa shape index (κ1) is 8.43. The summed E-state index contributed by atoms with van der Waals surface area (Å²) in [7, 11) is 0. The van der Waals surface area contributed by atoms with Crippen molar-refractivity contribution in [2.24, 2.45) is 0 Å². The third-order valence-corrected chi connectivity index (χ3v) is 0.879. The molecule has 4 heteroatoms. The Morgan fingerprint density at radius 3 is 2.44 bits per heavy atom. The lowest BCUT2D eigenvalue weighted by molar-refractivity contribution is -0.122. The molecule has 52 valence electrons. The molecule has 3 nitrogen and oxygen atoms in total. The van der Waals surface area contributed by atoms with Gasteiger partial charge in [0.05, 0.1) is 6.54 Å². The van der Waals surface area contributed by atoms with Gasteiger partial charge in [0.15, 0.2) is 0 Å². The van der Waals surface area contributed by atoms with Crippen LogP contribution in [0.1, 0.15) is 13.3 Å². The molecular weight excluding hydrogens is 142 g/mol. The highest BCUT2D eigenvalue weighted by Crippen LogP contribution is 1.78. The Labute approximate surface area is 58.4 Å². The van der Waals surface area contributed by atoms with Crippen LogP contribution in [0.5, 0.6) is 0 Å². The van der Waals surface area contributed by atoms with Crippen LogP contribution in [0.25, 0.3) is 0 Å². The van der Waals surface area contributed by atoms with Gasteiger partial charge in [-0.3, -0.25) is 9.59 Å². The summed E-state index contributed by atoms with van der Waals surface area (Å²) in [5, 5.41) is 1.77. The van der Waals surface area contributed by atoms with E-state index in [1.165, 1.54) is 0 Å². The van der Waals surface area contributed by atoms with Gasteiger partial charge in [0.1, 0.15) is 0 Å². The van der Waals surface area contributed by atoms with Gasteiger partial charge in [-0.2, -0.15) is 0 Å². The van der Waals surface area contributed by atoms with Crippen molar-refractivity contribution in [3.63, 3.8) is 0 Å². The molecule has 0 rings (SSSR count). The molecule has 0 radical (unpaired) electrons. The van der Waals surface area contributed by atoms with E-state index in [9.17, 15) is 9.59 Å². The first-order valence-electron chi connectivity index (χ1n) is 2.61.